The van der Waals surface area contributed by atoms with E-state index in [1.54, 1.807) is 0 Å². The van der Waals surface area contributed by atoms with E-state index in [0.717, 1.165) is 5.33 Å². The van der Waals surface area contributed by atoms with Crippen molar-refractivity contribution in [2.45, 2.75) is 13.8 Å². The highest BCUT2D eigenvalue weighted by atomic mass is 79.9. The summed E-state index contributed by atoms with van der Waals surface area (Å²) in [5.74, 6) is 0. The second-order valence-electron chi connectivity index (χ2n) is 2.71. The van der Waals surface area contributed by atoms with E-state index in [2.05, 4.69) is 20.7 Å². The second kappa shape index (κ2) is 3.88. The van der Waals surface area contributed by atoms with Gasteiger partial charge in [0.2, 0.25) is 0 Å². The Morgan fingerprint density at radius 2 is 2.22 bits per heavy atom. The van der Waals surface area contributed by atoms with E-state index in [1.807, 2.05) is 13.8 Å². The van der Waals surface area contributed by atoms with Gasteiger partial charge in [-0.2, -0.15) is 0 Å². The Kier molecular flexibility index (Phi) is 3.86. The molecule has 0 aliphatic heterocycles. The summed E-state index contributed by atoms with van der Waals surface area (Å²) in [5.41, 5.74) is 0.0565. The van der Waals surface area contributed by atoms with E-state index < -0.39 is 0 Å². The molecular weight excluding hydrogens is 184 g/mol. The van der Waals surface area contributed by atoms with Gasteiger partial charge < -0.3 is 4.74 Å². The number of halogens is 1. The van der Waals surface area contributed by atoms with Crippen LogP contribution in [0.2, 0.25) is 0 Å². The smallest absolute Gasteiger partial charge is 0.293 e. The van der Waals surface area contributed by atoms with Crippen LogP contribution >= 0.6 is 15.9 Å². The van der Waals surface area contributed by atoms with Crippen LogP contribution < -0.4 is 0 Å². The van der Waals surface area contributed by atoms with Crippen LogP contribution in [-0.2, 0) is 9.53 Å². The van der Waals surface area contributed by atoms with E-state index >= 15 is 0 Å². The molecule has 0 saturated heterocycles. The molecule has 0 rings (SSSR count). The second-order valence-corrected chi connectivity index (χ2v) is 3.27. The van der Waals surface area contributed by atoms with Gasteiger partial charge in [0.15, 0.2) is 0 Å². The number of hydrogen-bond acceptors (Lipinski definition) is 2. The topological polar surface area (TPSA) is 26.3 Å². The molecule has 0 aliphatic carbocycles. The highest BCUT2D eigenvalue weighted by Crippen LogP contribution is 2.17. The van der Waals surface area contributed by atoms with Crippen LogP contribution in [0, 0.1) is 5.41 Å². The van der Waals surface area contributed by atoms with E-state index in [1.165, 1.54) is 0 Å². The first-order valence-corrected chi connectivity index (χ1v) is 3.86. The number of carbonyl (C=O) groups is 1. The normalized spacial score (nSPS) is 11.0. The average molecular weight is 195 g/mol. The van der Waals surface area contributed by atoms with E-state index in [9.17, 15) is 4.79 Å². The fourth-order valence-electron chi connectivity index (χ4n) is 0.298. The molecule has 2 nitrogen and oxygen atoms in total. The minimum Gasteiger partial charge on any atom is -0.467 e. The maximum atomic E-state index is 9.73. The van der Waals surface area contributed by atoms with Crippen molar-refractivity contribution in [3.8, 4) is 0 Å². The first-order valence-electron chi connectivity index (χ1n) is 2.73. The third-order valence-corrected chi connectivity index (χ3v) is 2.42. The maximum absolute atomic E-state index is 9.73. The van der Waals surface area contributed by atoms with Gasteiger partial charge in [0.05, 0.1) is 6.61 Å². The Balaban J connectivity index is 3.44. The molecule has 0 heterocycles. The maximum Gasteiger partial charge on any atom is 0.293 e. The van der Waals surface area contributed by atoms with Crippen LogP contribution in [0.4, 0.5) is 0 Å². The van der Waals surface area contributed by atoms with Crippen LogP contribution in [0.25, 0.3) is 0 Å². The lowest BCUT2D eigenvalue weighted by molar-refractivity contribution is -0.131. The molecule has 0 bridgehead atoms. The Hall–Kier alpha value is -0.0500. The Morgan fingerprint density at radius 1 is 1.67 bits per heavy atom. The molecule has 0 aliphatic rings. The first-order chi connectivity index (χ1) is 4.12. The summed E-state index contributed by atoms with van der Waals surface area (Å²) in [7, 11) is 0. The number of hydrogen-bond donors (Lipinski definition) is 0. The summed E-state index contributed by atoms with van der Waals surface area (Å²) in [6, 6.07) is 0. The van der Waals surface area contributed by atoms with E-state index in [4.69, 9.17) is 0 Å². The van der Waals surface area contributed by atoms with Crippen molar-refractivity contribution >= 4 is 22.4 Å². The number of ether oxygens (including phenoxy) is 1. The Labute approximate surface area is 63.7 Å². The van der Waals surface area contributed by atoms with Crippen LogP contribution in [0.1, 0.15) is 13.8 Å². The quantitative estimate of drug-likeness (QED) is 0.502. The predicted octanol–water partition coefficient (Wildman–Crippen LogP) is 1.58. The zero-order valence-electron chi connectivity index (χ0n) is 5.69. The van der Waals surface area contributed by atoms with Gasteiger partial charge in [-0.3, -0.25) is 4.79 Å². The fraction of sp³-hybridized carbons (Fsp3) is 0.833. The summed E-state index contributed by atoms with van der Waals surface area (Å²) in [5, 5.41) is 0.841. The van der Waals surface area contributed by atoms with Crippen molar-refractivity contribution < 1.29 is 9.53 Å². The van der Waals surface area contributed by atoms with Gasteiger partial charge in [-0.15, -0.1) is 0 Å². The SMILES string of the molecule is CC(C)(CBr)COC=O. The molecule has 0 radical (unpaired) electrons. The molecule has 0 atom stereocenters. The van der Waals surface area contributed by atoms with Crippen molar-refractivity contribution in [1.82, 2.24) is 0 Å². The number of carbonyl (C=O) groups excluding carboxylic acids is 1. The first kappa shape index (κ1) is 8.95. The highest BCUT2D eigenvalue weighted by molar-refractivity contribution is 9.09. The molecule has 0 saturated carbocycles. The van der Waals surface area contributed by atoms with Crippen molar-refractivity contribution in [1.29, 1.82) is 0 Å². The fourth-order valence-corrected chi connectivity index (χ4v) is 0.460. The zero-order chi connectivity index (χ0) is 7.33. The number of rotatable bonds is 4. The number of alkyl halides is 1. The van der Waals surface area contributed by atoms with Gasteiger partial charge in [0.25, 0.3) is 6.47 Å². The predicted molar refractivity (Wildman–Crippen MR) is 39.6 cm³/mol. The van der Waals surface area contributed by atoms with Gasteiger partial charge in [0, 0.05) is 10.7 Å². The van der Waals surface area contributed by atoms with Crippen molar-refractivity contribution in [3.05, 3.63) is 0 Å². The minimum absolute atomic E-state index is 0.0565. The molecule has 0 spiro atoms. The van der Waals surface area contributed by atoms with Gasteiger partial charge in [-0.1, -0.05) is 29.8 Å². The molecule has 0 fully saturated rings. The largest absolute Gasteiger partial charge is 0.467 e. The molecule has 0 aromatic heterocycles. The lowest BCUT2D eigenvalue weighted by atomic mass is 9.99. The van der Waals surface area contributed by atoms with Gasteiger partial charge in [0.1, 0.15) is 0 Å². The Morgan fingerprint density at radius 3 is 2.56 bits per heavy atom. The van der Waals surface area contributed by atoms with Crippen LogP contribution in [0.15, 0.2) is 0 Å². The van der Waals surface area contributed by atoms with E-state index in [-0.39, 0.29) is 5.41 Å². The summed E-state index contributed by atoms with van der Waals surface area (Å²) >= 11 is 3.31. The summed E-state index contributed by atoms with van der Waals surface area (Å²) in [6.07, 6.45) is 0. The molecule has 3 heteroatoms. The molecule has 9 heavy (non-hydrogen) atoms. The van der Waals surface area contributed by atoms with Crippen LogP contribution in [0.3, 0.4) is 0 Å². The van der Waals surface area contributed by atoms with Crippen molar-refractivity contribution in [3.63, 3.8) is 0 Å². The molecule has 54 valence electrons. The minimum atomic E-state index is 0.0565. The molecule has 0 aromatic rings. The molecule has 0 aromatic carbocycles. The molecule has 0 amide bonds. The lowest BCUT2D eigenvalue weighted by Crippen LogP contribution is -2.20. The van der Waals surface area contributed by atoms with Gasteiger partial charge in [-0.05, 0) is 0 Å². The summed E-state index contributed by atoms with van der Waals surface area (Å²) < 4.78 is 4.58. The molecular formula is C6H11BrO2. The van der Waals surface area contributed by atoms with Gasteiger partial charge >= 0.3 is 0 Å². The van der Waals surface area contributed by atoms with Crippen LogP contribution in [0.5, 0.6) is 0 Å². The summed E-state index contributed by atoms with van der Waals surface area (Å²) in [4.78, 5) is 9.73. The molecule has 0 N–H and O–H groups in total. The third kappa shape index (κ3) is 4.45. The summed E-state index contributed by atoms with van der Waals surface area (Å²) in [6.45, 7) is 4.99. The third-order valence-electron chi connectivity index (χ3n) is 0.904. The van der Waals surface area contributed by atoms with Crippen LogP contribution in [-0.4, -0.2) is 18.4 Å². The van der Waals surface area contributed by atoms with Crippen molar-refractivity contribution in [2.75, 3.05) is 11.9 Å². The lowest BCUT2D eigenvalue weighted by Gasteiger charge is -2.18. The zero-order valence-corrected chi connectivity index (χ0v) is 7.27. The van der Waals surface area contributed by atoms with Crippen molar-refractivity contribution in [2.24, 2.45) is 5.41 Å². The highest BCUT2D eigenvalue weighted by Gasteiger charge is 2.15. The van der Waals surface area contributed by atoms with Gasteiger partial charge in [-0.25, -0.2) is 0 Å². The monoisotopic (exact) mass is 194 g/mol. The standard InChI is InChI=1S/C6H11BrO2/c1-6(2,3-7)4-9-5-8/h5H,3-4H2,1-2H3. The molecule has 0 unspecified atom stereocenters. The Bertz CT molecular complexity index is 91.1. The average Bonchev–Trinajstić information content (AvgIpc) is 1.84. The van der Waals surface area contributed by atoms with E-state index in [0.29, 0.717) is 13.1 Å².